The first kappa shape index (κ1) is 102. The fourth-order valence-electron chi connectivity index (χ4n) is 31.7. The van der Waals surface area contributed by atoms with E-state index in [1.807, 2.05) is 137 Å². The van der Waals surface area contributed by atoms with E-state index in [9.17, 15) is 44.7 Å². The van der Waals surface area contributed by atoms with E-state index in [1.165, 1.54) is 100 Å². The number of allylic oxidation sites excluding steroid dienone is 16. The summed E-state index contributed by atoms with van der Waals surface area (Å²) in [5.41, 5.74) is 21.3. The Bertz CT molecular complexity index is 7160. The lowest BCUT2D eigenvalue weighted by atomic mass is 9.51. The monoisotopic (exact) mass is 1990 g/mol. The van der Waals surface area contributed by atoms with Crippen LogP contribution in [0.5, 0.6) is 46.0 Å². The summed E-state index contributed by atoms with van der Waals surface area (Å²) >= 11 is 0. The molecule has 0 bridgehead atoms. The van der Waals surface area contributed by atoms with Crippen LogP contribution in [0, 0.1) is 137 Å². The number of carbonyl (C=O) groups excluding carboxylic acids is 4. The summed E-state index contributed by atoms with van der Waals surface area (Å²) in [5, 5.41) is 56.6. The van der Waals surface area contributed by atoms with Crippen LogP contribution in [0.3, 0.4) is 0 Å². The molecule has 0 aromatic heterocycles. The van der Waals surface area contributed by atoms with Crippen molar-refractivity contribution in [2.75, 3.05) is 0 Å². The molecule has 8 saturated carbocycles. The molecule has 16 aliphatic carbocycles. The molecule has 13 nitrogen and oxygen atoms in total. The minimum atomic E-state index is -0.969. The van der Waals surface area contributed by atoms with Crippen LogP contribution in [0.25, 0.3) is 0 Å². The zero-order valence-corrected chi connectivity index (χ0v) is 88.7. The van der Waals surface area contributed by atoms with Crippen LogP contribution in [0.4, 0.5) is 0 Å². The normalized spacial score (nSPS) is 32.3. The van der Waals surface area contributed by atoms with Gasteiger partial charge in [0.25, 0.3) is 0 Å². The first-order chi connectivity index (χ1) is 71.8. The maximum Gasteiger partial charge on any atom is 0.156 e. The van der Waals surface area contributed by atoms with Crippen LogP contribution in [0.15, 0.2) is 285 Å². The van der Waals surface area contributed by atoms with Crippen molar-refractivity contribution in [3.8, 4) is 93.4 Å². The van der Waals surface area contributed by atoms with Gasteiger partial charge >= 0.3 is 0 Å². The minimum absolute atomic E-state index is 0.0129. The largest absolute Gasteiger partial charge is 0.457 e. The first-order valence-electron chi connectivity index (χ1n) is 55.3. The zero-order valence-electron chi connectivity index (χ0n) is 88.7. The van der Waals surface area contributed by atoms with Gasteiger partial charge in [-0.2, -0.15) is 0 Å². The summed E-state index contributed by atoms with van der Waals surface area (Å²) in [6.07, 6.45) is 32.0. The van der Waals surface area contributed by atoms with E-state index in [-0.39, 0.29) is 75.1 Å². The van der Waals surface area contributed by atoms with Gasteiger partial charge in [0.15, 0.2) is 23.1 Å². The summed E-state index contributed by atoms with van der Waals surface area (Å²) in [7, 11) is 0. The van der Waals surface area contributed by atoms with Crippen molar-refractivity contribution in [3.05, 3.63) is 330 Å². The number of carbonyl (C=O) groups is 4. The van der Waals surface area contributed by atoms with Crippen LogP contribution in [-0.4, -0.2) is 71.1 Å². The molecule has 8 aromatic carbocycles. The maximum atomic E-state index is 12.3. The van der Waals surface area contributed by atoms with E-state index in [1.54, 1.807) is 0 Å². The van der Waals surface area contributed by atoms with E-state index in [0.29, 0.717) is 73.0 Å². The first-order valence-corrected chi connectivity index (χ1v) is 55.3. The number of hydrogen-bond donors (Lipinski definition) is 5. The third-order valence-electron chi connectivity index (χ3n) is 39.1. The number of aryl methyl sites for hydroxylation is 3. The highest BCUT2D eigenvalue weighted by molar-refractivity contribution is 5.95. The fourth-order valence-corrected chi connectivity index (χ4v) is 31.7. The smallest absolute Gasteiger partial charge is 0.156 e. The Labute approximate surface area is 881 Å². The molecule has 149 heavy (non-hydrogen) atoms. The predicted molar refractivity (Wildman–Crippen MR) is 587 cm³/mol. The second-order valence-electron chi connectivity index (χ2n) is 47.0. The molecule has 24 rings (SSSR count). The lowest BCUT2D eigenvalue weighted by Crippen LogP contribution is -2.51. The molecule has 0 amide bonds. The van der Waals surface area contributed by atoms with Crippen LogP contribution in [-0.2, 0) is 25.8 Å². The molecule has 0 spiro atoms. The Balaban J connectivity index is 0.000000116. The lowest BCUT2D eigenvalue weighted by molar-refractivity contribution is -0.115. The average molecular weight is 1990 g/mol. The summed E-state index contributed by atoms with van der Waals surface area (Å²) in [6, 6.07) is 65.8. The number of hydrogen-bond acceptors (Lipinski definition) is 13. The molecule has 8 fully saturated rings. The summed E-state index contributed by atoms with van der Waals surface area (Å²) < 4.78 is 24.5. The topological polar surface area (TPSA) is 206 Å². The van der Waals surface area contributed by atoms with Gasteiger partial charge in [0.05, 0.1) is 6.61 Å². The van der Waals surface area contributed by atoms with Crippen molar-refractivity contribution in [2.45, 2.75) is 309 Å². The molecular weight excluding hydrogens is 1840 g/mol. The van der Waals surface area contributed by atoms with Crippen LogP contribution < -0.4 is 18.9 Å². The number of benzene rings is 8. The number of rotatable bonds is 13. The number of aliphatic hydroxyl groups excluding tert-OH is 1. The van der Waals surface area contributed by atoms with E-state index in [4.69, 9.17) is 18.9 Å². The van der Waals surface area contributed by atoms with E-state index >= 15 is 0 Å². The highest BCUT2D eigenvalue weighted by Gasteiger charge is 2.68. The van der Waals surface area contributed by atoms with Gasteiger partial charge in [-0.25, -0.2) is 0 Å². The minimum Gasteiger partial charge on any atom is -0.457 e. The van der Waals surface area contributed by atoms with Crippen molar-refractivity contribution in [3.63, 3.8) is 0 Å². The molecule has 5 N–H and O–H groups in total. The third-order valence-corrected chi connectivity index (χ3v) is 39.1. The second-order valence-corrected chi connectivity index (χ2v) is 47.0. The molecular formula is C136H144O13. The number of fused-ring (bicyclic) bond motifs is 16. The van der Waals surface area contributed by atoms with E-state index < -0.39 is 22.4 Å². The number of para-hydroxylation sites is 1. The Hall–Kier alpha value is -12.4. The molecule has 16 aliphatic rings. The Morgan fingerprint density at radius 3 is 0.852 bits per heavy atom. The van der Waals surface area contributed by atoms with E-state index in [0.717, 1.165) is 211 Å². The Morgan fingerprint density at radius 1 is 0.295 bits per heavy atom. The number of ether oxygens (including phenoxy) is 4. The molecule has 766 valence electrons. The van der Waals surface area contributed by atoms with Gasteiger partial charge in [0, 0.05) is 71.0 Å². The molecule has 0 saturated heterocycles. The van der Waals surface area contributed by atoms with Gasteiger partial charge in [-0.1, -0.05) is 182 Å². The van der Waals surface area contributed by atoms with Crippen LogP contribution in [0.1, 0.15) is 303 Å². The van der Waals surface area contributed by atoms with Crippen molar-refractivity contribution in [2.24, 2.45) is 69.0 Å². The molecule has 20 atom stereocenters. The SMILES string of the molecule is CC#C[C@]1(O)CC[C@H]2[C@@H]3CCC4=CC(=O)CCC4=C3[C@@H](c3ccc(Oc4ccc(C)cc4)cc3)C[C@@]21C.CC#C[C@]1(O)CC[C@H]2[C@@H]3CCC4=CC(=O)CCC4=C3[C@@H](c3ccc(Oc4ccc(CO)cc4)cc3)C[C@@]21C.CC#C[C@]1(O)CC[C@H]2[C@@H]3CCC4=CC(=O)CCC4=C3[C@@H](c3ccc(Oc4cccc(C)c4)cc3)C[C@@]21C.CC#C[C@]1(O)CC[C@H]2[C@@H]3CCC4=CC(=O)CCC4=C3[C@@H](c3ccc(Oc4ccccc4C)cc3)C[C@@]21C. The molecule has 0 unspecified atom stereocenters. The zero-order chi connectivity index (χ0) is 104. The van der Waals surface area contributed by atoms with Gasteiger partial charge in [-0.3, -0.25) is 19.2 Å². The van der Waals surface area contributed by atoms with Crippen LogP contribution >= 0.6 is 0 Å². The number of ketones is 4. The second kappa shape index (κ2) is 41.1. The lowest BCUT2D eigenvalue weighted by Gasteiger charge is -2.53. The molecule has 0 radical (unpaired) electrons. The van der Waals surface area contributed by atoms with Crippen molar-refractivity contribution in [1.29, 1.82) is 0 Å². The summed E-state index contributed by atoms with van der Waals surface area (Å²) in [6.45, 7) is 22.7. The van der Waals surface area contributed by atoms with Gasteiger partial charge in [-0.05, 0) is 449 Å². The van der Waals surface area contributed by atoms with Crippen molar-refractivity contribution >= 4 is 23.1 Å². The van der Waals surface area contributed by atoms with Crippen molar-refractivity contribution in [1.82, 2.24) is 0 Å². The Morgan fingerprint density at radius 2 is 0.570 bits per heavy atom. The van der Waals surface area contributed by atoms with Crippen LogP contribution in [0.2, 0.25) is 0 Å². The van der Waals surface area contributed by atoms with Gasteiger partial charge in [-0.15, -0.1) is 23.7 Å². The molecule has 8 aromatic rings. The highest BCUT2D eigenvalue weighted by atomic mass is 16.5. The fraction of sp³-hybridized carbons (Fsp3) is 0.441. The quantitative estimate of drug-likeness (QED) is 0.0682. The van der Waals surface area contributed by atoms with Gasteiger partial charge in [0.2, 0.25) is 0 Å². The summed E-state index contributed by atoms with van der Waals surface area (Å²) in [5.74, 6) is 36.8. The average Bonchev–Trinajstić information content (AvgIpc) is 1.61. The summed E-state index contributed by atoms with van der Waals surface area (Å²) in [4.78, 5) is 49.1. The highest BCUT2D eigenvalue weighted by Crippen LogP contribution is 2.73. The third kappa shape index (κ3) is 18.8. The maximum absolute atomic E-state index is 12.3. The standard InChI is InChI=1S/C34H36O4.3C34H36O3/c1-3-17-34(37)18-16-31-29-14-8-24-19-25(36)9-15-28(24)32(29)30(20-33(31,34)2)23-6-12-27(13-7-23)38-26-10-4-22(21-35)5-11-26;1-4-18-34(36)19-17-31-29-15-9-24-20-25(35)10-16-28(24)32(29)30(21-33(31,34)3)23-7-13-27(14-8-23)37-26-11-5-22(2)6-12-26;1-4-17-34(36)18-16-31-29-14-10-24-20-25(35)11-15-28(24)32(29)30(21-33(31,34)3)23-8-12-26(13-9-23)37-27-7-5-6-22(2)19-27;1-4-18-34(36)19-17-30-28-15-11-24-20-25(35)12-16-27(24)32(28)29(21-33(30,34)3)23-9-13-26(14-10-23)37-31-8-6-5-7-22(31)2/h4-7,10-13,19,29-31,35,37H,8-9,14-16,18,20-21H2,1-2H3;5-8,11-14,20,29-31,36H,9-10,15-17,19,21H2,1-3H3;5-9,12-13,19-20,29-31,36H,10-11,14-16,18,21H2,1-3H3;5-10,13-14,20,28-30,36H,11-12,15-17,19,21H2,1-3H3/t3*29-,30+,31-,33-,34-;28-,29+,30-,33-,34-/m0000/s1. The van der Waals surface area contributed by atoms with Crippen molar-refractivity contribution < 1.29 is 63.7 Å². The molecule has 13 heteroatoms. The Kier molecular flexibility index (Phi) is 28.2. The number of aliphatic hydroxyl groups is 5. The molecule has 0 heterocycles. The molecule has 0 aliphatic heterocycles. The van der Waals surface area contributed by atoms with E-state index in [2.05, 4.69) is 205 Å². The van der Waals surface area contributed by atoms with Gasteiger partial charge < -0.3 is 44.5 Å². The predicted octanol–water partition coefficient (Wildman–Crippen LogP) is 28.9. The van der Waals surface area contributed by atoms with Gasteiger partial charge in [0.1, 0.15) is 68.4 Å².